The summed E-state index contributed by atoms with van der Waals surface area (Å²) in [5.41, 5.74) is 3.33. The quantitative estimate of drug-likeness (QED) is 0.455. The van der Waals surface area contributed by atoms with Gasteiger partial charge in [0.1, 0.15) is 11.2 Å². The van der Waals surface area contributed by atoms with Gasteiger partial charge in [0.2, 0.25) is 5.95 Å². The lowest BCUT2D eigenvalue weighted by molar-refractivity contribution is 0.469. The van der Waals surface area contributed by atoms with Gasteiger partial charge in [-0.25, -0.2) is 23.7 Å². The third kappa shape index (κ3) is 4.20. The van der Waals surface area contributed by atoms with Crippen molar-refractivity contribution in [3.05, 3.63) is 69.5 Å². The van der Waals surface area contributed by atoms with E-state index in [1.54, 1.807) is 15.4 Å². The smallest absolute Gasteiger partial charge is 0.278 e. The summed E-state index contributed by atoms with van der Waals surface area (Å²) in [5, 5.41) is 6.66. The van der Waals surface area contributed by atoms with Crippen molar-refractivity contribution in [3.8, 4) is 5.82 Å². The Morgan fingerprint density at radius 1 is 1.14 bits per heavy atom. The highest BCUT2D eigenvalue weighted by Gasteiger charge is 2.22. The van der Waals surface area contributed by atoms with Crippen molar-refractivity contribution in [1.82, 2.24) is 29.6 Å². The third-order valence-electron chi connectivity index (χ3n) is 6.25. The molecule has 9 heteroatoms. The molecule has 182 valence electrons. The van der Waals surface area contributed by atoms with Crippen molar-refractivity contribution < 1.29 is 4.39 Å². The summed E-state index contributed by atoms with van der Waals surface area (Å²) in [6.45, 7) is 11.7. The van der Waals surface area contributed by atoms with Crippen molar-refractivity contribution in [2.45, 2.75) is 59.0 Å². The molecule has 3 aromatic heterocycles. The molecule has 0 saturated heterocycles. The van der Waals surface area contributed by atoms with Gasteiger partial charge in [0.25, 0.3) is 5.56 Å². The van der Waals surface area contributed by atoms with Crippen molar-refractivity contribution in [3.63, 3.8) is 0 Å². The van der Waals surface area contributed by atoms with Gasteiger partial charge in [-0.05, 0) is 62.2 Å². The molecule has 1 aromatic carbocycles. The maximum absolute atomic E-state index is 14.8. The van der Waals surface area contributed by atoms with Gasteiger partial charge in [-0.3, -0.25) is 4.79 Å². The minimum Gasteiger partial charge on any atom is -0.322 e. The van der Waals surface area contributed by atoms with E-state index in [0.717, 1.165) is 29.8 Å². The minimum absolute atomic E-state index is 0.139. The van der Waals surface area contributed by atoms with Gasteiger partial charge >= 0.3 is 0 Å². The van der Waals surface area contributed by atoms with Gasteiger partial charge in [0.15, 0.2) is 11.5 Å². The molecule has 35 heavy (non-hydrogen) atoms. The third-order valence-corrected chi connectivity index (χ3v) is 6.25. The lowest BCUT2D eigenvalue weighted by atomic mass is 9.92. The van der Waals surface area contributed by atoms with E-state index in [4.69, 9.17) is 4.98 Å². The number of rotatable bonds is 4. The van der Waals surface area contributed by atoms with Crippen molar-refractivity contribution >= 4 is 22.7 Å². The minimum atomic E-state index is -0.368. The van der Waals surface area contributed by atoms with E-state index in [1.807, 2.05) is 38.1 Å². The first-order valence-corrected chi connectivity index (χ1v) is 11.9. The predicted octanol–water partition coefficient (Wildman–Crippen LogP) is 4.38. The summed E-state index contributed by atoms with van der Waals surface area (Å²) in [7, 11) is 0. The van der Waals surface area contributed by atoms with E-state index < -0.39 is 0 Å². The van der Waals surface area contributed by atoms with Crippen LogP contribution in [-0.2, 0) is 18.4 Å². The SMILES string of the molecule is CC(C)n1c(=O)c2cnc(Nc3cc4c(cc3F)CNCC4)nc2n1-c1cccc(C(C)(C)C)n1. The number of hydrogen-bond acceptors (Lipinski definition) is 6. The van der Waals surface area contributed by atoms with Crippen LogP contribution in [0, 0.1) is 5.82 Å². The molecule has 1 aliphatic heterocycles. The van der Waals surface area contributed by atoms with Crippen LogP contribution in [0.5, 0.6) is 0 Å². The molecule has 2 N–H and O–H groups in total. The number of benzene rings is 1. The predicted molar refractivity (Wildman–Crippen MR) is 135 cm³/mol. The summed E-state index contributed by atoms with van der Waals surface area (Å²) >= 11 is 0. The highest BCUT2D eigenvalue weighted by atomic mass is 19.1. The van der Waals surface area contributed by atoms with Crippen LogP contribution < -0.4 is 16.2 Å². The number of nitrogens with zero attached hydrogens (tertiary/aromatic N) is 5. The number of pyridine rings is 1. The van der Waals surface area contributed by atoms with Crippen LogP contribution in [-0.4, -0.2) is 30.9 Å². The first-order chi connectivity index (χ1) is 16.6. The second-order valence-electron chi connectivity index (χ2n) is 10.3. The number of fused-ring (bicyclic) bond motifs is 2. The van der Waals surface area contributed by atoms with E-state index in [0.29, 0.717) is 29.1 Å². The van der Waals surface area contributed by atoms with E-state index in [2.05, 4.69) is 41.4 Å². The molecule has 0 fully saturated rings. The fraction of sp³-hybridized carbons (Fsp3) is 0.385. The van der Waals surface area contributed by atoms with Crippen LogP contribution in [0.15, 0.2) is 41.3 Å². The Hall–Kier alpha value is -3.59. The number of anilines is 2. The van der Waals surface area contributed by atoms with E-state index >= 15 is 0 Å². The Bertz CT molecular complexity index is 1480. The molecule has 0 aliphatic carbocycles. The van der Waals surface area contributed by atoms with Gasteiger partial charge in [-0.15, -0.1) is 0 Å². The Morgan fingerprint density at radius 3 is 2.69 bits per heavy atom. The average Bonchev–Trinajstić information content (AvgIpc) is 3.11. The first kappa shape index (κ1) is 23.2. The number of nitrogens with one attached hydrogen (secondary N) is 2. The zero-order chi connectivity index (χ0) is 24.9. The number of aromatic nitrogens is 5. The lowest BCUT2D eigenvalue weighted by Gasteiger charge is -2.20. The standard InChI is InChI=1S/C26H30FN7O/c1-15(2)33-24(35)18-14-29-25(30-20-12-16-9-10-28-13-17(16)11-19(20)27)32-23(18)34(33)22-8-6-7-21(31-22)26(3,4)5/h6-8,11-12,14-15,28H,9-10,13H2,1-5H3,(H,29,30,32). The fourth-order valence-corrected chi connectivity index (χ4v) is 4.42. The first-order valence-electron chi connectivity index (χ1n) is 11.9. The van der Waals surface area contributed by atoms with Crippen LogP contribution >= 0.6 is 0 Å². The summed E-state index contributed by atoms with van der Waals surface area (Å²) < 4.78 is 18.2. The second kappa shape index (κ2) is 8.57. The second-order valence-corrected chi connectivity index (χ2v) is 10.3. The normalized spacial score (nSPS) is 13.9. The van der Waals surface area contributed by atoms with Crippen LogP contribution in [0.4, 0.5) is 16.0 Å². The molecule has 0 amide bonds. The Kier molecular flexibility index (Phi) is 5.67. The topological polar surface area (TPSA) is 89.7 Å². The van der Waals surface area contributed by atoms with Crippen molar-refractivity contribution in [1.29, 1.82) is 0 Å². The highest BCUT2D eigenvalue weighted by Crippen LogP contribution is 2.27. The van der Waals surface area contributed by atoms with E-state index in [1.165, 1.54) is 6.20 Å². The van der Waals surface area contributed by atoms with Gasteiger partial charge < -0.3 is 10.6 Å². The van der Waals surface area contributed by atoms with Gasteiger partial charge in [-0.1, -0.05) is 26.8 Å². The summed E-state index contributed by atoms with van der Waals surface area (Å²) in [5.74, 6) is 0.440. The van der Waals surface area contributed by atoms with Crippen LogP contribution in [0.3, 0.4) is 0 Å². The Morgan fingerprint density at radius 2 is 1.94 bits per heavy atom. The van der Waals surface area contributed by atoms with Gasteiger partial charge in [0.05, 0.1) is 5.69 Å². The van der Waals surface area contributed by atoms with Gasteiger partial charge in [-0.2, -0.15) is 4.98 Å². The van der Waals surface area contributed by atoms with E-state index in [-0.39, 0.29) is 28.8 Å². The van der Waals surface area contributed by atoms with Crippen molar-refractivity contribution in [2.24, 2.45) is 0 Å². The van der Waals surface area contributed by atoms with Crippen LogP contribution in [0.1, 0.15) is 57.5 Å². The molecule has 8 nitrogen and oxygen atoms in total. The Labute approximate surface area is 203 Å². The van der Waals surface area contributed by atoms with Crippen LogP contribution in [0.25, 0.3) is 16.9 Å². The van der Waals surface area contributed by atoms with Crippen LogP contribution in [0.2, 0.25) is 0 Å². The summed E-state index contributed by atoms with van der Waals surface area (Å²) in [4.78, 5) is 27.1. The zero-order valence-electron chi connectivity index (χ0n) is 20.7. The lowest BCUT2D eigenvalue weighted by Crippen LogP contribution is -2.25. The largest absolute Gasteiger partial charge is 0.322 e. The zero-order valence-corrected chi connectivity index (χ0v) is 20.7. The molecule has 5 rings (SSSR count). The maximum atomic E-state index is 14.8. The molecule has 1 aliphatic rings. The molecule has 4 heterocycles. The Balaban J connectivity index is 1.65. The number of hydrogen-bond donors (Lipinski definition) is 2. The molecule has 0 atom stereocenters. The molecule has 0 radical (unpaired) electrons. The average molecular weight is 476 g/mol. The molecule has 0 saturated carbocycles. The summed E-state index contributed by atoms with van der Waals surface area (Å²) in [6, 6.07) is 9.00. The summed E-state index contributed by atoms with van der Waals surface area (Å²) in [6.07, 6.45) is 2.33. The molecular formula is C26H30FN7O. The van der Waals surface area contributed by atoms with E-state index in [9.17, 15) is 9.18 Å². The molecule has 0 spiro atoms. The molecule has 0 unspecified atom stereocenters. The molecule has 0 bridgehead atoms. The van der Waals surface area contributed by atoms with Gasteiger partial charge in [0, 0.05) is 29.9 Å². The maximum Gasteiger partial charge on any atom is 0.278 e. The highest BCUT2D eigenvalue weighted by molar-refractivity contribution is 5.77. The van der Waals surface area contributed by atoms with Crippen molar-refractivity contribution in [2.75, 3.05) is 11.9 Å². The number of halogens is 1. The molecule has 4 aromatic rings. The monoisotopic (exact) mass is 475 g/mol. The molecular weight excluding hydrogens is 445 g/mol. The fourth-order valence-electron chi connectivity index (χ4n) is 4.42.